The zero-order chi connectivity index (χ0) is 16.9. The van der Waals surface area contributed by atoms with Crippen molar-refractivity contribution in [3.63, 3.8) is 0 Å². The minimum absolute atomic E-state index is 0.0360. The van der Waals surface area contributed by atoms with Gasteiger partial charge in [-0.25, -0.2) is 0 Å². The molecule has 1 amide bonds. The molecule has 1 aliphatic rings. The third kappa shape index (κ3) is 4.26. The van der Waals surface area contributed by atoms with E-state index in [4.69, 9.17) is 4.74 Å². The van der Waals surface area contributed by atoms with Gasteiger partial charge in [0.1, 0.15) is 5.75 Å². The number of carbonyl (C=O) groups is 1. The molecule has 0 bridgehead atoms. The largest absolute Gasteiger partial charge is 0.484 e. The number of nitrogens with one attached hydrogen (secondary N) is 1. The Bertz CT molecular complexity index is 691. The third-order valence-corrected chi connectivity index (χ3v) is 4.72. The van der Waals surface area contributed by atoms with Gasteiger partial charge < -0.3 is 15.0 Å². The second-order valence-electron chi connectivity index (χ2n) is 6.77. The summed E-state index contributed by atoms with van der Waals surface area (Å²) in [6.07, 6.45) is 2.03. The van der Waals surface area contributed by atoms with Crippen LogP contribution < -0.4 is 10.1 Å². The summed E-state index contributed by atoms with van der Waals surface area (Å²) in [4.78, 5) is 14.6. The molecule has 1 aliphatic heterocycles. The summed E-state index contributed by atoms with van der Waals surface area (Å²) < 4.78 is 5.65. The van der Waals surface area contributed by atoms with Gasteiger partial charge in [-0.05, 0) is 49.6 Å². The van der Waals surface area contributed by atoms with Crippen LogP contribution in [0.4, 0.5) is 0 Å². The molecule has 0 spiro atoms. The topological polar surface area (TPSA) is 41.6 Å². The summed E-state index contributed by atoms with van der Waals surface area (Å²) in [5.74, 6) is 0.699. The standard InChI is InChI=1S/C20H26N2O2/c1-15(2)22-11-9-18(10-12-22)21-20(23)14-24-19-8-7-16-5-3-4-6-17(16)13-19/h3-8,13,15,18H,9-12,14H2,1-2H3,(H,21,23). The monoisotopic (exact) mass is 326 g/mol. The van der Waals surface area contributed by atoms with Crippen molar-refractivity contribution in [1.29, 1.82) is 0 Å². The number of ether oxygens (including phenoxy) is 1. The van der Waals surface area contributed by atoms with Crippen LogP contribution in [-0.4, -0.2) is 42.6 Å². The molecule has 1 saturated heterocycles. The minimum Gasteiger partial charge on any atom is -0.484 e. The minimum atomic E-state index is -0.0360. The molecule has 0 unspecified atom stereocenters. The van der Waals surface area contributed by atoms with Crippen LogP contribution >= 0.6 is 0 Å². The number of nitrogens with zero attached hydrogens (tertiary/aromatic N) is 1. The van der Waals surface area contributed by atoms with Crippen molar-refractivity contribution in [3.05, 3.63) is 42.5 Å². The van der Waals surface area contributed by atoms with Crippen LogP contribution in [0.25, 0.3) is 10.8 Å². The van der Waals surface area contributed by atoms with E-state index < -0.39 is 0 Å². The quantitative estimate of drug-likeness (QED) is 0.917. The number of fused-ring (bicyclic) bond motifs is 1. The molecule has 1 N–H and O–H groups in total. The molecule has 1 fully saturated rings. The van der Waals surface area contributed by atoms with Crippen LogP contribution in [0.2, 0.25) is 0 Å². The molecule has 128 valence electrons. The van der Waals surface area contributed by atoms with Crippen LogP contribution in [0.5, 0.6) is 5.75 Å². The van der Waals surface area contributed by atoms with Crippen molar-refractivity contribution in [2.45, 2.75) is 38.8 Å². The van der Waals surface area contributed by atoms with E-state index in [1.807, 2.05) is 36.4 Å². The van der Waals surface area contributed by atoms with E-state index in [9.17, 15) is 4.79 Å². The van der Waals surface area contributed by atoms with E-state index in [0.717, 1.165) is 37.1 Å². The number of hydrogen-bond donors (Lipinski definition) is 1. The fourth-order valence-corrected chi connectivity index (χ4v) is 3.24. The van der Waals surface area contributed by atoms with Gasteiger partial charge in [0.25, 0.3) is 5.91 Å². The molecule has 0 atom stereocenters. The van der Waals surface area contributed by atoms with E-state index in [0.29, 0.717) is 6.04 Å². The van der Waals surface area contributed by atoms with Gasteiger partial charge >= 0.3 is 0 Å². The van der Waals surface area contributed by atoms with Gasteiger partial charge in [-0.15, -0.1) is 0 Å². The number of hydrogen-bond acceptors (Lipinski definition) is 3. The number of likely N-dealkylation sites (tertiary alicyclic amines) is 1. The van der Waals surface area contributed by atoms with Crippen molar-refractivity contribution in [2.24, 2.45) is 0 Å². The Hall–Kier alpha value is -2.07. The second kappa shape index (κ2) is 7.67. The van der Waals surface area contributed by atoms with Gasteiger partial charge in [-0.1, -0.05) is 30.3 Å². The van der Waals surface area contributed by atoms with Gasteiger partial charge in [0.2, 0.25) is 0 Å². The maximum absolute atomic E-state index is 12.1. The number of carbonyl (C=O) groups excluding carboxylic acids is 1. The van der Waals surface area contributed by atoms with E-state index in [1.165, 1.54) is 5.39 Å². The maximum Gasteiger partial charge on any atom is 0.258 e. The Morgan fingerprint density at radius 3 is 2.58 bits per heavy atom. The lowest BCUT2D eigenvalue weighted by molar-refractivity contribution is -0.124. The Morgan fingerprint density at radius 2 is 1.88 bits per heavy atom. The van der Waals surface area contributed by atoms with Gasteiger partial charge in [0.05, 0.1) is 0 Å². The normalized spacial score (nSPS) is 16.5. The highest BCUT2D eigenvalue weighted by Crippen LogP contribution is 2.20. The summed E-state index contributed by atoms with van der Waals surface area (Å²) in [5, 5.41) is 5.39. The Labute approximate surface area is 143 Å². The predicted molar refractivity (Wildman–Crippen MR) is 97.3 cm³/mol. The fraction of sp³-hybridized carbons (Fsp3) is 0.450. The average molecular weight is 326 g/mol. The Balaban J connectivity index is 1.47. The molecule has 1 heterocycles. The molecule has 2 aromatic rings. The highest BCUT2D eigenvalue weighted by atomic mass is 16.5. The van der Waals surface area contributed by atoms with Gasteiger partial charge in [-0.2, -0.15) is 0 Å². The lowest BCUT2D eigenvalue weighted by Gasteiger charge is -2.34. The van der Waals surface area contributed by atoms with Crippen LogP contribution in [0.3, 0.4) is 0 Å². The molecule has 4 nitrogen and oxygen atoms in total. The zero-order valence-electron chi connectivity index (χ0n) is 14.5. The van der Waals surface area contributed by atoms with Crippen LogP contribution in [0, 0.1) is 0 Å². The summed E-state index contributed by atoms with van der Waals surface area (Å²) in [5.41, 5.74) is 0. The summed E-state index contributed by atoms with van der Waals surface area (Å²) in [6.45, 7) is 6.61. The molecule has 0 radical (unpaired) electrons. The highest BCUT2D eigenvalue weighted by molar-refractivity contribution is 5.84. The van der Waals surface area contributed by atoms with Crippen molar-refractivity contribution in [1.82, 2.24) is 10.2 Å². The van der Waals surface area contributed by atoms with Gasteiger partial charge in [-0.3, -0.25) is 4.79 Å². The number of amides is 1. The van der Waals surface area contributed by atoms with Crippen LogP contribution in [0.15, 0.2) is 42.5 Å². The van der Waals surface area contributed by atoms with Crippen molar-refractivity contribution in [2.75, 3.05) is 19.7 Å². The van der Waals surface area contributed by atoms with E-state index in [1.54, 1.807) is 0 Å². The lowest BCUT2D eigenvalue weighted by Crippen LogP contribution is -2.47. The molecule has 24 heavy (non-hydrogen) atoms. The number of rotatable bonds is 5. The first kappa shape index (κ1) is 16.8. The maximum atomic E-state index is 12.1. The van der Waals surface area contributed by atoms with Gasteiger partial charge in [0.15, 0.2) is 6.61 Å². The molecular formula is C20H26N2O2. The van der Waals surface area contributed by atoms with E-state index in [-0.39, 0.29) is 18.6 Å². The lowest BCUT2D eigenvalue weighted by atomic mass is 10.0. The average Bonchev–Trinajstić information content (AvgIpc) is 2.60. The first-order valence-electron chi connectivity index (χ1n) is 8.77. The second-order valence-corrected chi connectivity index (χ2v) is 6.77. The highest BCUT2D eigenvalue weighted by Gasteiger charge is 2.22. The Kier molecular flexibility index (Phi) is 5.36. The molecule has 4 heteroatoms. The number of piperidine rings is 1. The Morgan fingerprint density at radius 1 is 1.17 bits per heavy atom. The smallest absolute Gasteiger partial charge is 0.258 e. The summed E-state index contributed by atoms with van der Waals surface area (Å²) >= 11 is 0. The van der Waals surface area contributed by atoms with E-state index in [2.05, 4.69) is 30.1 Å². The molecule has 0 aliphatic carbocycles. The first-order chi connectivity index (χ1) is 11.6. The van der Waals surface area contributed by atoms with Crippen molar-refractivity contribution < 1.29 is 9.53 Å². The molecular weight excluding hydrogens is 300 g/mol. The third-order valence-electron chi connectivity index (χ3n) is 4.72. The number of benzene rings is 2. The van der Waals surface area contributed by atoms with Crippen molar-refractivity contribution >= 4 is 16.7 Å². The van der Waals surface area contributed by atoms with Crippen LogP contribution in [-0.2, 0) is 4.79 Å². The SMILES string of the molecule is CC(C)N1CCC(NC(=O)COc2ccc3ccccc3c2)CC1. The first-order valence-corrected chi connectivity index (χ1v) is 8.77. The van der Waals surface area contributed by atoms with Gasteiger partial charge in [0, 0.05) is 25.2 Å². The van der Waals surface area contributed by atoms with Crippen molar-refractivity contribution in [3.8, 4) is 5.75 Å². The molecule has 3 rings (SSSR count). The predicted octanol–water partition coefficient (Wildman–Crippen LogP) is 3.21. The summed E-state index contributed by atoms with van der Waals surface area (Å²) in [7, 11) is 0. The molecule has 0 aromatic heterocycles. The molecule has 0 saturated carbocycles. The zero-order valence-corrected chi connectivity index (χ0v) is 14.5. The summed E-state index contributed by atoms with van der Waals surface area (Å²) in [6, 6.07) is 14.9. The molecule has 2 aromatic carbocycles. The fourth-order valence-electron chi connectivity index (χ4n) is 3.24. The van der Waals surface area contributed by atoms with E-state index >= 15 is 0 Å². The van der Waals surface area contributed by atoms with Crippen LogP contribution in [0.1, 0.15) is 26.7 Å².